The Hall–Kier alpha value is -8.33. The fraction of sp³-hybridized carbons (Fsp3) is 0.211. The Bertz CT molecular complexity index is 4430. The Morgan fingerprint density at radius 1 is 0.437 bits per heavy atom. The number of hydrogen-bond donors (Lipinski definition) is 0. The maximum Gasteiger partial charge on any atom is 0.200 e. The van der Waals surface area contributed by atoms with Crippen molar-refractivity contribution in [2.75, 3.05) is 9.80 Å². The van der Waals surface area contributed by atoms with E-state index in [1.54, 1.807) is 11.6 Å². The van der Waals surface area contributed by atoms with Crippen LogP contribution in [0.25, 0.3) is 72.1 Å². The van der Waals surface area contributed by atoms with Crippen LogP contribution >= 0.6 is 0 Å². The Balaban J connectivity index is 0.00000784. The summed E-state index contributed by atoms with van der Waals surface area (Å²) in [4.78, 5) is 8.61. The quantitative estimate of drug-likeness (QED) is 0.0624. The summed E-state index contributed by atoms with van der Waals surface area (Å²) < 4.78 is 90.0. The molecule has 3 heterocycles. The molecule has 11 aromatic rings. The Labute approximate surface area is 521 Å². The summed E-state index contributed by atoms with van der Waals surface area (Å²) in [6.45, 7) is 27.5. The van der Waals surface area contributed by atoms with Crippen LogP contribution in [0, 0.1) is 47.9 Å². The van der Waals surface area contributed by atoms with Gasteiger partial charge in [0.15, 0.2) is 23.3 Å². The first-order valence-corrected chi connectivity index (χ1v) is 29.0. The third-order valence-corrected chi connectivity index (χ3v) is 16.3. The number of para-hydroxylation sites is 3. The molecule has 0 aliphatic carbocycles. The van der Waals surface area contributed by atoms with Crippen LogP contribution in [0.15, 0.2) is 176 Å². The normalized spacial score (nSPS) is 12.9. The minimum Gasteiger partial charge on any atom is -0.509 e. The second kappa shape index (κ2) is 22.4. The van der Waals surface area contributed by atoms with Crippen molar-refractivity contribution < 1.29 is 47.8 Å². The SMILES string of the molecule is CC(C)(C)c1cc(-c2cc(-c3ccccc3)cc(-c3c(F)c(F)c(F)c(F)c3F)c2N2[CH-]N(c3[c-]c(Oc4[c-]c5c(cc4)c4ccccc4n5-c4cc(C(C)(C)C)ccn4)cc(-c4ccccc4C(C)(C)C)c3)c3ccccc32)cc(C(C)(C)C)c1.[Pt]. The van der Waals surface area contributed by atoms with Gasteiger partial charge in [-0.1, -0.05) is 192 Å². The van der Waals surface area contributed by atoms with Crippen molar-refractivity contribution in [3.63, 3.8) is 0 Å². The van der Waals surface area contributed by atoms with Gasteiger partial charge in [0.05, 0.1) is 5.56 Å². The molecule has 9 aromatic carbocycles. The van der Waals surface area contributed by atoms with E-state index in [0.29, 0.717) is 50.8 Å². The first-order valence-electron chi connectivity index (χ1n) is 29.0. The molecule has 0 fully saturated rings. The van der Waals surface area contributed by atoms with Crippen molar-refractivity contribution in [1.82, 2.24) is 9.55 Å². The molecule has 2 aromatic heterocycles. The van der Waals surface area contributed by atoms with E-state index >= 15 is 22.0 Å². The molecule has 0 unspecified atom stereocenters. The number of rotatable bonds is 9. The average molecular weight is 1340 g/mol. The van der Waals surface area contributed by atoms with Crippen LogP contribution < -0.4 is 14.5 Å². The molecular formula is C76H66F5N4OPt-3. The number of nitrogens with zero attached hydrogens (tertiary/aromatic N) is 4. The number of aromatic nitrogens is 2. The molecule has 0 spiro atoms. The first kappa shape index (κ1) is 60.4. The second-order valence-electron chi connectivity index (χ2n) is 26.5. The molecule has 0 amide bonds. The number of benzene rings is 9. The van der Waals surface area contributed by atoms with Crippen LogP contribution in [-0.2, 0) is 42.7 Å². The molecule has 87 heavy (non-hydrogen) atoms. The largest absolute Gasteiger partial charge is 0.509 e. The average Bonchev–Trinajstić information content (AvgIpc) is 1.75. The van der Waals surface area contributed by atoms with E-state index < -0.39 is 34.6 Å². The summed E-state index contributed by atoms with van der Waals surface area (Å²) in [6, 6.07) is 62.4. The molecule has 12 rings (SSSR count). The molecule has 0 N–H and O–H groups in total. The van der Waals surface area contributed by atoms with Crippen molar-refractivity contribution in [2.45, 2.75) is 105 Å². The number of anilines is 4. The molecule has 0 bridgehead atoms. The predicted octanol–water partition coefficient (Wildman–Crippen LogP) is 21.5. The monoisotopic (exact) mass is 1340 g/mol. The van der Waals surface area contributed by atoms with Gasteiger partial charge < -0.3 is 19.1 Å². The molecule has 0 saturated carbocycles. The minimum absolute atomic E-state index is 0. The van der Waals surface area contributed by atoms with Gasteiger partial charge >= 0.3 is 0 Å². The molecule has 11 heteroatoms. The van der Waals surface area contributed by atoms with Crippen LogP contribution in [0.4, 0.5) is 44.7 Å². The smallest absolute Gasteiger partial charge is 0.200 e. The fourth-order valence-corrected chi connectivity index (χ4v) is 11.6. The Morgan fingerprint density at radius 3 is 1.67 bits per heavy atom. The summed E-state index contributed by atoms with van der Waals surface area (Å²) in [6.07, 6.45) is 1.84. The van der Waals surface area contributed by atoms with Crippen molar-refractivity contribution in [3.05, 3.63) is 246 Å². The topological polar surface area (TPSA) is 33.5 Å². The summed E-state index contributed by atoms with van der Waals surface area (Å²) in [5, 5.41) is 2.01. The number of halogens is 5. The van der Waals surface area contributed by atoms with E-state index in [0.717, 1.165) is 61.0 Å². The standard InChI is InChI=1S/C76H66F5N4O.Pt/c1-73(2,3)49-32-33-82-65(41-49)85-61-27-19-17-25-56(61)57-31-30-53(43-64(57)85)86-54-37-48(55-24-16-18-26-60(55)76(10,11)12)36-52(42-54)83-44-84(63-29-21-20-28-62(63)83)72-58(47-34-50(74(4,5)6)40-51(35-47)75(7,8)9)38-46(45-22-14-13-15-23-45)39-59(72)66-67(77)69(79)71(81)70(80)68(66)78;/h13-41,44H,1-12H3;/q-3;. The molecule has 444 valence electrons. The second-order valence-corrected chi connectivity index (χ2v) is 26.5. The van der Waals surface area contributed by atoms with Gasteiger partial charge in [-0.15, -0.1) is 53.6 Å². The molecule has 5 nitrogen and oxygen atoms in total. The maximum absolute atomic E-state index is 17.0. The molecule has 1 aliphatic heterocycles. The number of ether oxygens (including phenoxy) is 1. The van der Waals surface area contributed by atoms with Gasteiger partial charge in [-0.3, -0.25) is 0 Å². The fourth-order valence-electron chi connectivity index (χ4n) is 11.6. The van der Waals surface area contributed by atoms with Crippen molar-refractivity contribution in [2.24, 2.45) is 0 Å². The zero-order chi connectivity index (χ0) is 60.9. The molecular weight excluding hydrogens is 1270 g/mol. The van der Waals surface area contributed by atoms with E-state index in [4.69, 9.17) is 9.72 Å². The van der Waals surface area contributed by atoms with E-state index in [-0.39, 0.29) is 54.0 Å². The molecule has 0 saturated heterocycles. The number of hydrogen-bond acceptors (Lipinski definition) is 4. The van der Waals surface area contributed by atoms with Gasteiger partial charge in [-0.05, 0) is 114 Å². The van der Waals surface area contributed by atoms with Gasteiger partial charge in [0.1, 0.15) is 5.82 Å². The number of fused-ring (bicyclic) bond motifs is 4. The predicted molar refractivity (Wildman–Crippen MR) is 341 cm³/mol. The summed E-state index contributed by atoms with van der Waals surface area (Å²) in [5.74, 6) is -8.71. The summed E-state index contributed by atoms with van der Waals surface area (Å²) >= 11 is 0. The van der Waals surface area contributed by atoms with Crippen LogP contribution in [0.3, 0.4) is 0 Å². The minimum atomic E-state index is -2.24. The maximum atomic E-state index is 17.0. The Kier molecular flexibility index (Phi) is 15.6. The van der Waals surface area contributed by atoms with Gasteiger partial charge in [0.2, 0.25) is 5.82 Å². The molecule has 0 atom stereocenters. The van der Waals surface area contributed by atoms with Crippen molar-refractivity contribution >= 4 is 44.6 Å². The van der Waals surface area contributed by atoms with E-state index in [1.165, 1.54) is 6.07 Å². The van der Waals surface area contributed by atoms with Crippen molar-refractivity contribution in [3.8, 4) is 61.8 Å². The summed E-state index contributed by atoms with van der Waals surface area (Å²) in [5.41, 5.74) is 9.48. The molecule has 0 radical (unpaired) electrons. The van der Waals surface area contributed by atoms with Gasteiger partial charge in [0.25, 0.3) is 0 Å². The third kappa shape index (κ3) is 11.2. The van der Waals surface area contributed by atoms with E-state index in [9.17, 15) is 0 Å². The van der Waals surface area contributed by atoms with Gasteiger partial charge in [-0.2, -0.15) is 6.07 Å². The van der Waals surface area contributed by atoms with Gasteiger partial charge in [0, 0.05) is 72.5 Å². The van der Waals surface area contributed by atoms with Crippen LogP contribution in [0.2, 0.25) is 0 Å². The zero-order valence-electron chi connectivity index (χ0n) is 50.7. The van der Waals surface area contributed by atoms with Crippen LogP contribution in [0.1, 0.15) is 105 Å². The Morgan fingerprint density at radius 2 is 1.01 bits per heavy atom. The zero-order valence-corrected chi connectivity index (χ0v) is 53.0. The van der Waals surface area contributed by atoms with Crippen LogP contribution in [0.5, 0.6) is 11.5 Å². The van der Waals surface area contributed by atoms with Crippen LogP contribution in [-0.4, -0.2) is 9.55 Å². The van der Waals surface area contributed by atoms with E-state index in [2.05, 4.69) is 148 Å². The molecule has 1 aliphatic rings. The third-order valence-electron chi connectivity index (χ3n) is 16.3. The van der Waals surface area contributed by atoms with Crippen molar-refractivity contribution in [1.29, 1.82) is 0 Å². The first-order chi connectivity index (χ1) is 40.7. The summed E-state index contributed by atoms with van der Waals surface area (Å²) in [7, 11) is 0. The van der Waals surface area contributed by atoms with Gasteiger partial charge in [-0.25, -0.2) is 26.9 Å². The van der Waals surface area contributed by atoms with E-state index in [1.807, 2.05) is 126 Å². The number of pyridine rings is 1.